The van der Waals surface area contributed by atoms with Gasteiger partial charge in [0, 0.05) is 37.1 Å². The van der Waals surface area contributed by atoms with Gasteiger partial charge in [-0.15, -0.1) is 82.8 Å². The summed E-state index contributed by atoms with van der Waals surface area (Å²) >= 11 is 4.00. The third kappa shape index (κ3) is 15.7. The third-order valence-electron chi connectivity index (χ3n) is 7.36. The molecule has 4 aromatic carbocycles. The fraction of sp³-hybridized carbons (Fsp3) is 0.200. The van der Waals surface area contributed by atoms with Crippen LogP contribution in [0.25, 0.3) is 21.5 Å². The summed E-state index contributed by atoms with van der Waals surface area (Å²) < 4.78 is 0. The number of halogens is 4. The van der Waals surface area contributed by atoms with Crippen molar-refractivity contribution >= 4 is 73.2 Å². The minimum absolute atomic E-state index is 0. The Morgan fingerprint density at radius 3 is 1.22 bits per heavy atom. The van der Waals surface area contributed by atoms with Crippen LogP contribution in [0.3, 0.4) is 0 Å². The van der Waals surface area contributed by atoms with Crippen LogP contribution in [0.5, 0.6) is 0 Å². The first-order chi connectivity index (χ1) is 21.2. The normalized spacial score (nSPS) is 16.6. The Bertz CT molecular complexity index is 1710. The minimum atomic E-state index is -0.200. The van der Waals surface area contributed by atoms with Crippen LogP contribution in [-0.2, 0) is 52.4 Å². The number of allylic oxidation sites excluding steroid dienone is 8. The van der Waals surface area contributed by atoms with E-state index < -0.39 is 0 Å². The second-order valence-corrected chi connectivity index (χ2v) is 19.4. The molecule has 256 valence electrons. The van der Waals surface area contributed by atoms with E-state index in [9.17, 15) is 0 Å². The second-order valence-electron chi connectivity index (χ2n) is 12.0. The molecule has 2 aliphatic carbocycles. The van der Waals surface area contributed by atoms with Crippen LogP contribution in [-0.4, -0.2) is 38.7 Å². The number of fused-ring (bicyclic) bond motifs is 4. The maximum atomic E-state index is 2.50. The molecule has 0 nitrogen and oxygen atoms in total. The van der Waals surface area contributed by atoms with Crippen molar-refractivity contribution in [1.29, 1.82) is 0 Å². The van der Waals surface area contributed by atoms with E-state index in [0.717, 1.165) is 0 Å². The van der Waals surface area contributed by atoms with Crippen molar-refractivity contribution in [1.82, 2.24) is 0 Å². The summed E-state index contributed by atoms with van der Waals surface area (Å²) in [6.07, 6.45) is 13.9. The number of benzene rings is 2. The molecule has 8 rings (SSSR count). The van der Waals surface area contributed by atoms with Gasteiger partial charge in [-0.1, -0.05) is 74.0 Å². The van der Waals surface area contributed by atoms with Crippen molar-refractivity contribution in [2.45, 2.75) is 50.5 Å². The molecule has 4 aromatic rings. The summed E-state index contributed by atoms with van der Waals surface area (Å²) in [5, 5.41) is 6.62. The Hall–Kier alpha value is -0.1000. The fourth-order valence-electron chi connectivity index (χ4n) is 5.44. The largest absolute Gasteiger partial charge is 4.00 e. The SMILES string of the molecule is CC1=CC2=CC(C=[Si](C)C)SC2=C1.CC1=CC2=CC(C=[Si](C)C)SC2=C1.[Cl-].[Cl-].[Cl-].[Cl-].[Zr+4].[Zr+4].c1ccc2[cH-]ccc2c1.c1ccc2[cH-]ccc2c1. The van der Waals surface area contributed by atoms with E-state index in [1.54, 1.807) is 0 Å². The van der Waals surface area contributed by atoms with Gasteiger partial charge in [0.25, 0.3) is 0 Å². The zero-order valence-electron chi connectivity index (χ0n) is 29.2. The summed E-state index contributed by atoms with van der Waals surface area (Å²) in [6, 6.07) is 29.3. The molecule has 0 saturated carbocycles. The topological polar surface area (TPSA) is 0 Å². The van der Waals surface area contributed by atoms with Gasteiger partial charge in [0.2, 0.25) is 0 Å². The van der Waals surface area contributed by atoms with Crippen LogP contribution >= 0.6 is 23.5 Å². The molecule has 10 heteroatoms. The first-order valence-electron chi connectivity index (χ1n) is 15.3. The first-order valence-corrected chi connectivity index (χ1v) is 22.2. The van der Waals surface area contributed by atoms with Gasteiger partial charge in [0.1, 0.15) is 0 Å². The summed E-state index contributed by atoms with van der Waals surface area (Å²) in [6.45, 7) is 13.7. The average Bonchev–Trinajstić information content (AvgIpc) is 3.80. The monoisotopic (exact) mass is 962 g/mol. The van der Waals surface area contributed by atoms with Gasteiger partial charge >= 0.3 is 52.4 Å². The van der Waals surface area contributed by atoms with Crippen LogP contribution in [0.4, 0.5) is 0 Å². The van der Waals surface area contributed by atoms with E-state index in [-0.39, 0.29) is 119 Å². The molecular weight excluding hydrogens is 925 g/mol. The van der Waals surface area contributed by atoms with Crippen molar-refractivity contribution in [3.8, 4) is 0 Å². The molecule has 0 bridgehead atoms. The Balaban J connectivity index is 0. The zero-order chi connectivity index (χ0) is 31.1. The van der Waals surface area contributed by atoms with Gasteiger partial charge in [-0.2, -0.15) is 35.0 Å². The third-order valence-corrected chi connectivity index (χ3v) is 12.2. The predicted molar refractivity (Wildman–Crippen MR) is 209 cm³/mol. The predicted octanol–water partition coefficient (Wildman–Crippen LogP) is -0.851. The van der Waals surface area contributed by atoms with E-state index in [0.29, 0.717) is 10.5 Å². The molecule has 2 heterocycles. The van der Waals surface area contributed by atoms with Gasteiger partial charge in [-0.3, -0.25) is 0 Å². The van der Waals surface area contributed by atoms with Crippen LogP contribution in [0, 0.1) is 0 Å². The van der Waals surface area contributed by atoms with Gasteiger partial charge in [-0.25, -0.2) is 0 Å². The summed E-state index contributed by atoms with van der Waals surface area (Å²) in [7, 11) is -0.399. The molecule has 4 aliphatic rings. The molecule has 50 heavy (non-hydrogen) atoms. The van der Waals surface area contributed by atoms with E-state index in [1.807, 2.05) is 23.5 Å². The molecule has 0 amide bonds. The van der Waals surface area contributed by atoms with E-state index in [2.05, 4.69) is 173 Å². The van der Waals surface area contributed by atoms with Crippen molar-refractivity contribution in [3.05, 3.63) is 153 Å². The maximum Gasteiger partial charge on any atom is 4.00 e. The van der Waals surface area contributed by atoms with Gasteiger partial charge < -0.3 is 49.6 Å². The Labute approximate surface area is 375 Å². The van der Waals surface area contributed by atoms with Crippen molar-refractivity contribution in [2.75, 3.05) is 0 Å². The van der Waals surface area contributed by atoms with Crippen molar-refractivity contribution in [2.24, 2.45) is 0 Å². The Kier molecular flexibility index (Phi) is 26.9. The average molecular weight is 967 g/mol. The summed E-state index contributed by atoms with van der Waals surface area (Å²) in [4.78, 5) is 2.95. The molecule has 2 atom stereocenters. The molecular formula is C40H42Cl4S2Si2Zr2+2. The molecule has 0 spiro atoms. The molecule has 0 radical (unpaired) electrons. The number of thioether (sulfide) groups is 2. The van der Waals surface area contributed by atoms with E-state index in [1.165, 1.54) is 53.6 Å². The van der Waals surface area contributed by atoms with Crippen LogP contribution in [0.15, 0.2) is 153 Å². The van der Waals surface area contributed by atoms with Gasteiger partial charge in [0.15, 0.2) is 0 Å². The Morgan fingerprint density at radius 2 is 0.900 bits per heavy atom. The van der Waals surface area contributed by atoms with E-state index in [4.69, 9.17) is 0 Å². The molecule has 0 fully saturated rings. The first kappa shape index (κ1) is 52.0. The van der Waals surface area contributed by atoms with Gasteiger partial charge in [-0.05, 0) is 48.3 Å². The van der Waals surface area contributed by atoms with Crippen molar-refractivity contribution < 1.29 is 102 Å². The molecule has 2 aliphatic heterocycles. The van der Waals surface area contributed by atoms with Crippen LogP contribution < -0.4 is 49.6 Å². The van der Waals surface area contributed by atoms with E-state index >= 15 is 0 Å². The number of hydrogen-bond donors (Lipinski definition) is 0. The fourth-order valence-corrected chi connectivity index (χ4v) is 11.2. The van der Waals surface area contributed by atoms with Crippen molar-refractivity contribution in [3.63, 3.8) is 0 Å². The molecule has 2 unspecified atom stereocenters. The summed E-state index contributed by atoms with van der Waals surface area (Å²) in [5.74, 6) is 0. The molecule has 0 aromatic heterocycles. The minimum Gasteiger partial charge on any atom is -1.00 e. The van der Waals surface area contributed by atoms with Gasteiger partial charge in [0.05, 0.1) is 0 Å². The zero-order valence-corrected chi connectivity index (χ0v) is 40.8. The summed E-state index contributed by atoms with van der Waals surface area (Å²) in [5.41, 5.74) is 10.7. The molecule has 0 saturated heterocycles. The number of hydrogen-bond acceptors (Lipinski definition) is 2. The maximum absolute atomic E-state index is 2.50. The number of rotatable bonds is 2. The van der Waals surface area contributed by atoms with Crippen LogP contribution in [0.2, 0.25) is 26.2 Å². The quantitative estimate of drug-likeness (QED) is 0.190. The van der Waals surface area contributed by atoms with Crippen LogP contribution in [0.1, 0.15) is 13.8 Å². The standard InChI is InChI=1S/2C11H14SSi.2C9H7.4ClH.2Zr/c2*1-8-4-9-6-10(7-13(2)3)12-11(9)5-8;2*1-2-5-9-7-3-6-8(9)4-1;;;;;;/h2*4-7,10H,1-3H3;2*1-7H;4*1H;;/q;;2*-1;;;;;2*+4/p-4. The second kappa shape index (κ2) is 25.8. The smallest absolute Gasteiger partial charge is 1.00 e. The Morgan fingerprint density at radius 1 is 0.540 bits per heavy atom. The molecule has 0 N–H and O–H groups in total.